The van der Waals surface area contributed by atoms with E-state index < -0.39 is 0 Å². The Hall–Kier alpha value is -3.18. The summed E-state index contributed by atoms with van der Waals surface area (Å²) in [5.74, 6) is 0.690. The Morgan fingerprint density at radius 3 is 2.28 bits per heavy atom. The summed E-state index contributed by atoms with van der Waals surface area (Å²) in [4.78, 5) is 5.85. The van der Waals surface area contributed by atoms with Gasteiger partial charge in [-0.1, -0.05) is 72.0 Å². The van der Waals surface area contributed by atoms with Crippen LogP contribution in [0.3, 0.4) is 0 Å². The fourth-order valence-electron chi connectivity index (χ4n) is 2.46. The Morgan fingerprint density at radius 1 is 0.880 bits per heavy atom. The smallest absolute Gasteiger partial charge is 0.204 e. The van der Waals surface area contributed by atoms with Gasteiger partial charge in [-0.15, -0.1) is 0 Å². The molecule has 0 unspecified atom stereocenters. The molecule has 0 bridgehead atoms. The maximum atomic E-state index is 5.23. The van der Waals surface area contributed by atoms with Gasteiger partial charge < -0.3 is 4.42 Å². The highest BCUT2D eigenvalue weighted by molar-refractivity contribution is 7.19. The highest BCUT2D eigenvalue weighted by atomic mass is 32.1. The second kappa shape index (κ2) is 7.15. The molecule has 2 aromatic carbocycles. The van der Waals surface area contributed by atoms with Crippen molar-refractivity contribution in [2.45, 2.75) is 0 Å². The molecule has 4 aromatic rings. The molecule has 25 heavy (non-hydrogen) atoms. The van der Waals surface area contributed by atoms with Crippen LogP contribution < -0.4 is 5.43 Å². The third kappa shape index (κ3) is 3.51. The Balaban J connectivity index is 1.68. The molecular weight excluding hydrogens is 330 g/mol. The molecule has 0 aliphatic heterocycles. The number of aromatic nitrogens is 1. The number of hydrazone groups is 1. The van der Waals surface area contributed by atoms with Crippen molar-refractivity contribution in [3.63, 3.8) is 0 Å². The maximum absolute atomic E-state index is 5.23. The Labute approximate surface area is 149 Å². The Kier molecular flexibility index (Phi) is 4.39. The lowest BCUT2D eigenvalue weighted by atomic mass is 10.1. The van der Waals surface area contributed by atoms with Crippen LogP contribution in [0.25, 0.3) is 21.7 Å². The number of nitrogens with zero attached hydrogens (tertiary/aromatic N) is 2. The highest BCUT2D eigenvalue weighted by Gasteiger charge is 2.14. The fourth-order valence-corrected chi connectivity index (χ4v) is 3.40. The molecule has 0 atom stereocenters. The SMILES string of the molecule is C(=N/Nc1nc(-c2ccccc2)c(-c2ccccc2)s1)/c1ccco1. The van der Waals surface area contributed by atoms with E-state index in [1.54, 1.807) is 23.8 Å². The van der Waals surface area contributed by atoms with E-state index in [9.17, 15) is 0 Å². The summed E-state index contributed by atoms with van der Waals surface area (Å²) in [7, 11) is 0. The van der Waals surface area contributed by atoms with Gasteiger partial charge in [0.15, 0.2) is 0 Å². The predicted molar refractivity (Wildman–Crippen MR) is 103 cm³/mol. The minimum Gasteiger partial charge on any atom is -0.463 e. The standard InChI is InChI=1S/C20H15N3OS/c1-3-8-15(9-4-1)18-19(16-10-5-2-6-11-16)25-20(22-18)23-21-14-17-12-7-13-24-17/h1-14H,(H,22,23)/b21-14-. The van der Waals surface area contributed by atoms with Crippen LogP contribution in [0.2, 0.25) is 0 Å². The first-order valence-electron chi connectivity index (χ1n) is 7.84. The minimum atomic E-state index is 0.690. The topological polar surface area (TPSA) is 50.4 Å². The van der Waals surface area contributed by atoms with Gasteiger partial charge in [0, 0.05) is 5.56 Å². The number of benzene rings is 2. The van der Waals surface area contributed by atoms with Crippen molar-refractivity contribution in [1.29, 1.82) is 0 Å². The van der Waals surface area contributed by atoms with Crippen molar-refractivity contribution in [2.75, 3.05) is 5.43 Å². The second-order valence-corrected chi connectivity index (χ2v) is 6.31. The number of rotatable bonds is 5. The summed E-state index contributed by atoms with van der Waals surface area (Å²) >= 11 is 1.58. The average Bonchev–Trinajstić information content (AvgIpc) is 3.33. The second-order valence-electron chi connectivity index (χ2n) is 5.31. The van der Waals surface area contributed by atoms with Crippen LogP contribution in [-0.4, -0.2) is 11.2 Å². The van der Waals surface area contributed by atoms with Crippen molar-refractivity contribution in [2.24, 2.45) is 5.10 Å². The molecule has 2 aromatic heterocycles. The summed E-state index contributed by atoms with van der Waals surface area (Å²) < 4.78 is 5.23. The molecule has 0 spiro atoms. The lowest BCUT2D eigenvalue weighted by Gasteiger charge is -2.02. The van der Waals surface area contributed by atoms with Crippen molar-refractivity contribution in [3.8, 4) is 21.7 Å². The lowest BCUT2D eigenvalue weighted by molar-refractivity contribution is 0.560. The number of nitrogens with one attached hydrogen (secondary N) is 1. The fraction of sp³-hybridized carbons (Fsp3) is 0. The summed E-state index contributed by atoms with van der Waals surface area (Å²) in [5, 5.41) is 4.94. The summed E-state index contributed by atoms with van der Waals surface area (Å²) in [6, 6.07) is 24.1. The third-order valence-corrected chi connectivity index (χ3v) is 4.61. The number of furan rings is 1. The Morgan fingerprint density at radius 2 is 1.60 bits per heavy atom. The molecule has 0 saturated heterocycles. The van der Waals surface area contributed by atoms with Crippen LogP contribution >= 0.6 is 11.3 Å². The zero-order valence-corrected chi connectivity index (χ0v) is 14.1. The zero-order valence-electron chi connectivity index (χ0n) is 13.3. The van der Waals surface area contributed by atoms with Gasteiger partial charge in [-0.25, -0.2) is 4.98 Å². The van der Waals surface area contributed by atoms with E-state index in [1.165, 1.54) is 0 Å². The van der Waals surface area contributed by atoms with E-state index in [-0.39, 0.29) is 0 Å². The molecule has 5 heteroatoms. The first-order valence-corrected chi connectivity index (χ1v) is 8.66. The molecule has 1 N–H and O–H groups in total. The number of anilines is 1. The van der Waals surface area contributed by atoms with Crippen LogP contribution in [0, 0.1) is 0 Å². The van der Waals surface area contributed by atoms with Crippen molar-refractivity contribution in [1.82, 2.24) is 4.98 Å². The molecule has 0 fully saturated rings. The molecule has 2 heterocycles. The van der Waals surface area contributed by atoms with Crippen molar-refractivity contribution < 1.29 is 4.42 Å². The number of hydrogen-bond donors (Lipinski definition) is 1. The number of hydrogen-bond acceptors (Lipinski definition) is 5. The van der Waals surface area contributed by atoms with E-state index in [1.807, 2.05) is 48.5 Å². The first-order chi connectivity index (χ1) is 12.4. The van der Waals surface area contributed by atoms with E-state index in [0.29, 0.717) is 5.76 Å². The normalized spacial score (nSPS) is 11.0. The zero-order chi connectivity index (χ0) is 16.9. The lowest BCUT2D eigenvalue weighted by Crippen LogP contribution is -1.89. The molecule has 4 nitrogen and oxygen atoms in total. The van der Waals surface area contributed by atoms with E-state index in [4.69, 9.17) is 9.40 Å². The molecule has 0 radical (unpaired) electrons. The van der Waals surface area contributed by atoms with Crippen LogP contribution in [0.1, 0.15) is 5.76 Å². The molecular formula is C20H15N3OS. The van der Waals surface area contributed by atoms with Gasteiger partial charge in [0.2, 0.25) is 5.13 Å². The summed E-state index contributed by atoms with van der Waals surface area (Å²) in [6.45, 7) is 0. The minimum absolute atomic E-state index is 0.690. The van der Waals surface area contributed by atoms with Gasteiger partial charge in [-0.2, -0.15) is 5.10 Å². The van der Waals surface area contributed by atoms with Crippen molar-refractivity contribution in [3.05, 3.63) is 84.8 Å². The predicted octanol–water partition coefficient (Wildman–Crippen LogP) is 5.52. The van der Waals surface area contributed by atoms with Crippen LogP contribution in [-0.2, 0) is 0 Å². The van der Waals surface area contributed by atoms with Gasteiger partial charge in [0.25, 0.3) is 0 Å². The molecule has 0 saturated carbocycles. The van der Waals surface area contributed by atoms with Gasteiger partial charge in [-0.05, 0) is 17.7 Å². The molecule has 122 valence electrons. The van der Waals surface area contributed by atoms with E-state index in [2.05, 4.69) is 34.8 Å². The average molecular weight is 345 g/mol. The van der Waals surface area contributed by atoms with Crippen LogP contribution in [0.15, 0.2) is 88.6 Å². The van der Waals surface area contributed by atoms with E-state index in [0.717, 1.165) is 26.8 Å². The van der Waals surface area contributed by atoms with Gasteiger partial charge in [0.05, 0.1) is 23.0 Å². The quantitative estimate of drug-likeness (QED) is 0.383. The molecule has 0 amide bonds. The third-order valence-electron chi connectivity index (χ3n) is 3.61. The highest BCUT2D eigenvalue weighted by Crippen LogP contribution is 2.38. The number of thiazole rings is 1. The monoisotopic (exact) mass is 345 g/mol. The maximum Gasteiger partial charge on any atom is 0.204 e. The van der Waals surface area contributed by atoms with Gasteiger partial charge in [0.1, 0.15) is 5.76 Å². The summed E-state index contributed by atoms with van der Waals surface area (Å²) in [5.41, 5.74) is 6.18. The summed E-state index contributed by atoms with van der Waals surface area (Å²) in [6.07, 6.45) is 3.25. The largest absolute Gasteiger partial charge is 0.463 e. The van der Waals surface area contributed by atoms with Gasteiger partial charge in [-0.3, -0.25) is 5.43 Å². The first kappa shape index (κ1) is 15.4. The van der Waals surface area contributed by atoms with Crippen LogP contribution in [0.4, 0.5) is 5.13 Å². The Bertz CT molecular complexity index is 904. The van der Waals surface area contributed by atoms with Crippen LogP contribution in [0.5, 0.6) is 0 Å². The molecule has 0 aliphatic rings. The van der Waals surface area contributed by atoms with E-state index >= 15 is 0 Å². The van der Waals surface area contributed by atoms with Gasteiger partial charge >= 0.3 is 0 Å². The molecule has 0 aliphatic carbocycles. The molecule has 4 rings (SSSR count). The van der Waals surface area contributed by atoms with Crippen molar-refractivity contribution >= 4 is 22.7 Å².